The molecule has 1 heterocycles. The van der Waals surface area contributed by atoms with E-state index in [1.54, 1.807) is 7.11 Å². The van der Waals surface area contributed by atoms with Crippen LogP contribution in [0.4, 0.5) is 0 Å². The van der Waals surface area contributed by atoms with E-state index in [9.17, 15) is 0 Å². The van der Waals surface area contributed by atoms with Crippen molar-refractivity contribution in [3.63, 3.8) is 0 Å². The number of aromatic nitrogens is 2. The zero-order valence-electron chi connectivity index (χ0n) is 10.8. The summed E-state index contributed by atoms with van der Waals surface area (Å²) in [5.74, 6) is 5.53. The van der Waals surface area contributed by atoms with E-state index in [0.717, 1.165) is 22.8 Å². The van der Waals surface area contributed by atoms with Gasteiger partial charge in [-0.05, 0) is 13.3 Å². The second-order valence-electron chi connectivity index (χ2n) is 4.10. The Hall–Kier alpha value is -0.620. The fourth-order valence-corrected chi connectivity index (χ4v) is 2.15. The number of hydrogen-bond acceptors (Lipinski definition) is 4. The zero-order valence-corrected chi connectivity index (χ0v) is 11.6. The van der Waals surface area contributed by atoms with Crippen LogP contribution in [-0.2, 0) is 24.6 Å². The number of methoxy groups -OCH3 is 1. The zero-order chi connectivity index (χ0) is 13.0. The molecule has 0 radical (unpaired) electrons. The molecular formula is C11H21ClN4O. The third-order valence-corrected chi connectivity index (χ3v) is 3.51. The highest BCUT2D eigenvalue weighted by atomic mass is 35.5. The highest BCUT2D eigenvalue weighted by Gasteiger charge is 2.21. The summed E-state index contributed by atoms with van der Waals surface area (Å²) in [6.07, 6.45) is 1.53. The Morgan fingerprint density at radius 1 is 1.59 bits per heavy atom. The Morgan fingerprint density at radius 2 is 2.24 bits per heavy atom. The first-order valence-corrected chi connectivity index (χ1v) is 6.12. The average Bonchev–Trinajstić information content (AvgIpc) is 2.61. The van der Waals surface area contributed by atoms with Crippen LogP contribution in [0.5, 0.6) is 0 Å². The Labute approximate surface area is 107 Å². The second kappa shape index (κ2) is 6.35. The van der Waals surface area contributed by atoms with Gasteiger partial charge in [0.25, 0.3) is 0 Å². The van der Waals surface area contributed by atoms with E-state index in [1.165, 1.54) is 0 Å². The van der Waals surface area contributed by atoms with E-state index >= 15 is 0 Å². The molecule has 3 N–H and O–H groups in total. The number of nitrogens with two attached hydrogens (primary N) is 1. The molecule has 2 unspecified atom stereocenters. The maximum Gasteiger partial charge on any atom is 0.0850 e. The Balaban J connectivity index is 2.89. The topological polar surface area (TPSA) is 65.1 Å². The predicted molar refractivity (Wildman–Crippen MR) is 68.9 cm³/mol. The third-order valence-electron chi connectivity index (χ3n) is 3.07. The van der Waals surface area contributed by atoms with E-state index in [-0.39, 0.29) is 12.1 Å². The molecular weight excluding hydrogens is 240 g/mol. The molecule has 5 nitrogen and oxygen atoms in total. The normalized spacial score (nSPS) is 14.9. The van der Waals surface area contributed by atoms with Gasteiger partial charge >= 0.3 is 0 Å². The highest BCUT2D eigenvalue weighted by molar-refractivity contribution is 6.31. The van der Waals surface area contributed by atoms with Gasteiger partial charge in [-0.15, -0.1) is 0 Å². The summed E-state index contributed by atoms with van der Waals surface area (Å²) in [4.78, 5) is 0. The van der Waals surface area contributed by atoms with Gasteiger partial charge in [0.05, 0.1) is 28.6 Å². The van der Waals surface area contributed by atoms with Gasteiger partial charge in [0.1, 0.15) is 0 Å². The lowest BCUT2D eigenvalue weighted by Crippen LogP contribution is -2.45. The van der Waals surface area contributed by atoms with Gasteiger partial charge < -0.3 is 4.74 Å². The van der Waals surface area contributed by atoms with Crippen LogP contribution in [0.25, 0.3) is 0 Å². The van der Waals surface area contributed by atoms with Crippen molar-refractivity contribution in [2.45, 2.75) is 38.8 Å². The molecule has 1 aromatic rings. The number of nitrogens with one attached hydrogen (secondary N) is 1. The van der Waals surface area contributed by atoms with Crippen LogP contribution in [0.2, 0.25) is 5.02 Å². The molecule has 98 valence electrons. The largest absolute Gasteiger partial charge is 0.380 e. The molecule has 0 bridgehead atoms. The molecule has 0 fully saturated rings. The van der Waals surface area contributed by atoms with Crippen LogP contribution in [-0.4, -0.2) is 29.0 Å². The van der Waals surface area contributed by atoms with Crippen LogP contribution in [0.3, 0.4) is 0 Å². The molecule has 0 saturated carbocycles. The lowest BCUT2D eigenvalue weighted by Gasteiger charge is -2.22. The third kappa shape index (κ3) is 3.19. The highest BCUT2D eigenvalue weighted by Crippen LogP contribution is 2.22. The minimum Gasteiger partial charge on any atom is -0.380 e. The Kier molecular flexibility index (Phi) is 5.39. The summed E-state index contributed by atoms with van der Waals surface area (Å²) in [6, 6.07) is 0.0117. The van der Waals surface area contributed by atoms with Crippen molar-refractivity contribution in [2.75, 3.05) is 7.11 Å². The standard InChI is InChI=1S/C11H21ClN4O/c1-5-8-11(12)10(16(3)15-8)6-9(14-13)7(2)17-4/h7,9,14H,5-6,13H2,1-4H3. The van der Waals surface area contributed by atoms with Crippen molar-refractivity contribution >= 4 is 11.6 Å². The molecule has 0 spiro atoms. The lowest BCUT2D eigenvalue weighted by molar-refractivity contribution is 0.0825. The predicted octanol–water partition coefficient (Wildman–Crippen LogP) is 1.05. The van der Waals surface area contributed by atoms with Gasteiger partial charge in [0, 0.05) is 20.6 Å². The number of nitrogens with zero attached hydrogens (tertiary/aromatic N) is 2. The quantitative estimate of drug-likeness (QED) is 0.593. The van der Waals surface area contributed by atoms with Crippen molar-refractivity contribution in [1.29, 1.82) is 0 Å². The number of halogens is 1. The summed E-state index contributed by atoms with van der Waals surface area (Å²) in [5, 5.41) is 5.11. The first kappa shape index (κ1) is 14.4. The van der Waals surface area contributed by atoms with Crippen molar-refractivity contribution < 1.29 is 4.74 Å². The van der Waals surface area contributed by atoms with Crippen molar-refractivity contribution in [2.24, 2.45) is 12.9 Å². The monoisotopic (exact) mass is 260 g/mol. The number of aryl methyl sites for hydroxylation is 2. The molecule has 17 heavy (non-hydrogen) atoms. The van der Waals surface area contributed by atoms with Gasteiger partial charge in [-0.3, -0.25) is 16.0 Å². The molecule has 0 aliphatic carbocycles. The minimum absolute atomic E-state index is 0.0102. The van der Waals surface area contributed by atoms with E-state index < -0.39 is 0 Å². The molecule has 1 rings (SSSR count). The smallest absolute Gasteiger partial charge is 0.0850 e. The Morgan fingerprint density at radius 3 is 2.65 bits per heavy atom. The fraction of sp³-hybridized carbons (Fsp3) is 0.727. The lowest BCUT2D eigenvalue weighted by atomic mass is 10.1. The summed E-state index contributed by atoms with van der Waals surface area (Å²) >= 11 is 6.29. The summed E-state index contributed by atoms with van der Waals surface area (Å²) < 4.78 is 7.09. The van der Waals surface area contributed by atoms with E-state index in [4.69, 9.17) is 22.2 Å². The first-order valence-electron chi connectivity index (χ1n) is 5.74. The maximum atomic E-state index is 6.29. The molecule has 0 aliphatic heterocycles. The molecule has 0 saturated heterocycles. The first-order chi connectivity index (χ1) is 8.04. The SMILES string of the molecule is CCc1nn(C)c(CC(NN)C(C)OC)c1Cl. The maximum absolute atomic E-state index is 6.29. The molecule has 0 aliphatic rings. The van der Waals surface area contributed by atoms with Gasteiger partial charge in [-0.2, -0.15) is 5.10 Å². The molecule has 0 aromatic carbocycles. The van der Waals surface area contributed by atoms with Crippen LogP contribution in [0.15, 0.2) is 0 Å². The summed E-state index contributed by atoms with van der Waals surface area (Å²) in [6.45, 7) is 4.00. The number of rotatable bonds is 6. The van der Waals surface area contributed by atoms with Crippen LogP contribution >= 0.6 is 11.6 Å². The van der Waals surface area contributed by atoms with Gasteiger partial charge in [0.15, 0.2) is 0 Å². The molecule has 0 amide bonds. The van der Waals surface area contributed by atoms with E-state index in [0.29, 0.717) is 6.42 Å². The van der Waals surface area contributed by atoms with Crippen LogP contribution < -0.4 is 11.3 Å². The minimum atomic E-state index is 0.0102. The second-order valence-corrected chi connectivity index (χ2v) is 4.48. The van der Waals surface area contributed by atoms with Crippen molar-refractivity contribution in [3.8, 4) is 0 Å². The van der Waals surface area contributed by atoms with E-state index in [1.807, 2.05) is 25.6 Å². The summed E-state index contributed by atoms with van der Waals surface area (Å²) in [7, 11) is 3.56. The van der Waals surface area contributed by atoms with Crippen molar-refractivity contribution in [3.05, 3.63) is 16.4 Å². The Bertz CT molecular complexity index is 367. The van der Waals surface area contributed by atoms with Crippen LogP contribution in [0, 0.1) is 0 Å². The van der Waals surface area contributed by atoms with Gasteiger partial charge in [-0.1, -0.05) is 18.5 Å². The summed E-state index contributed by atoms with van der Waals surface area (Å²) in [5.41, 5.74) is 4.66. The van der Waals surface area contributed by atoms with Crippen LogP contribution in [0.1, 0.15) is 25.2 Å². The molecule has 1 aromatic heterocycles. The van der Waals surface area contributed by atoms with E-state index in [2.05, 4.69) is 10.5 Å². The molecule has 6 heteroatoms. The number of hydrogen-bond donors (Lipinski definition) is 2. The van der Waals surface area contributed by atoms with Crippen molar-refractivity contribution in [1.82, 2.24) is 15.2 Å². The number of ether oxygens (including phenoxy) is 1. The van der Waals surface area contributed by atoms with Gasteiger partial charge in [-0.25, -0.2) is 0 Å². The average molecular weight is 261 g/mol. The molecule has 2 atom stereocenters. The number of hydrazine groups is 1. The fourth-order valence-electron chi connectivity index (χ4n) is 1.77. The van der Waals surface area contributed by atoms with Gasteiger partial charge in [0.2, 0.25) is 0 Å².